The maximum Gasteiger partial charge on any atom is 0.437 e. The Labute approximate surface area is 189 Å². The molecule has 0 atom stereocenters. The fourth-order valence-electron chi connectivity index (χ4n) is 3.72. The molecule has 2 aromatic rings. The second-order valence-electron chi connectivity index (χ2n) is 10.0. The van der Waals surface area contributed by atoms with Crippen molar-refractivity contribution in [3.63, 3.8) is 0 Å². The van der Waals surface area contributed by atoms with E-state index in [2.05, 4.69) is 39.3 Å². The molecule has 3 rings (SSSR count). The number of guanidine groups is 1. The number of para-hydroxylation sites is 1. The third-order valence-corrected chi connectivity index (χ3v) is 4.99. The fourth-order valence-corrected chi connectivity index (χ4v) is 3.72. The van der Waals surface area contributed by atoms with Crippen LogP contribution in [0.1, 0.15) is 60.4 Å². The van der Waals surface area contributed by atoms with Crippen LogP contribution in [0.3, 0.4) is 0 Å². The van der Waals surface area contributed by atoms with E-state index >= 15 is 0 Å². The lowest BCUT2D eigenvalue weighted by atomic mass is 10.0. The first-order valence-electron chi connectivity index (χ1n) is 11.0. The zero-order valence-corrected chi connectivity index (χ0v) is 19.8. The molecule has 174 valence electrons. The number of amides is 2. The predicted molar refractivity (Wildman–Crippen MR) is 125 cm³/mol. The van der Waals surface area contributed by atoms with Crippen LogP contribution in [-0.4, -0.2) is 51.9 Å². The van der Waals surface area contributed by atoms with Gasteiger partial charge in [0.05, 0.1) is 0 Å². The van der Waals surface area contributed by atoms with Gasteiger partial charge in [0.25, 0.3) is 0 Å². The molecule has 32 heavy (non-hydrogen) atoms. The lowest BCUT2D eigenvalue weighted by Crippen LogP contribution is -2.49. The van der Waals surface area contributed by atoms with E-state index in [1.54, 1.807) is 41.5 Å². The van der Waals surface area contributed by atoms with Crippen molar-refractivity contribution in [2.24, 2.45) is 4.99 Å². The number of carbonyl (C=O) groups is 2. The summed E-state index contributed by atoms with van der Waals surface area (Å²) in [6.07, 6.45) is 2.42. The van der Waals surface area contributed by atoms with Crippen molar-refractivity contribution in [2.45, 2.75) is 71.6 Å². The third-order valence-electron chi connectivity index (χ3n) is 4.99. The second-order valence-corrected chi connectivity index (χ2v) is 10.0. The number of nitrogens with one attached hydrogen (secondary N) is 1. The highest BCUT2D eigenvalue weighted by Crippen LogP contribution is 2.28. The maximum atomic E-state index is 12.4. The van der Waals surface area contributed by atoms with Gasteiger partial charge in [-0.25, -0.2) is 9.59 Å². The lowest BCUT2D eigenvalue weighted by molar-refractivity contribution is 0.0552. The molecule has 8 heteroatoms. The molecule has 1 aliphatic heterocycles. The zero-order valence-electron chi connectivity index (χ0n) is 19.8. The van der Waals surface area contributed by atoms with Gasteiger partial charge in [0, 0.05) is 30.8 Å². The highest BCUT2D eigenvalue weighted by molar-refractivity contribution is 5.99. The summed E-state index contributed by atoms with van der Waals surface area (Å²) in [6, 6.07) is 10.8. The molecule has 0 spiro atoms. The van der Waals surface area contributed by atoms with Crippen molar-refractivity contribution in [1.29, 1.82) is 0 Å². The molecule has 0 radical (unpaired) electrons. The average molecular weight is 443 g/mol. The minimum absolute atomic E-state index is 0.157. The van der Waals surface area contributed by atoms with Crippen molar-refractivity contribution in [1.82, 2.24) is 14.8 Å². The van der Waals surface area contributed by atoms with Crippen LogP contribution in [0.5, 0.6) is 0 Å². The van der Waals surface area contributed by atoms with Crippen molar-refractivity contribution in [3.8, 4) is 0 Å². The lowest BCUT2D eigenvalue weighted by Gasteiger charge is -2.35. The summed E-state index contributed by atoms with van der Waals surface area (Å²) in [5.41, 5.74) is -0.135. The van der Waals surface area contributed by atoms with Gasteiger partial charge >= 0.3 is 12.2 Å². The summed E-state index contributed by atoms with van der Waals surface area (Å²) in [4.78, 5) is 30.7. The molecule has 1 N–H and O–H groups in total. The van der Waals surface area contributed by atoms with Crippen LogP contribution in [0.2, 0.25) is 0 Å². The second kappa shape index (κ2) is 9.22. The summed E-state index contributed by atoms with van der Waals surface area (Å²) >= 11 is 0. The largest absolute Gasteiger partial charge is 0.444 e. The Bertz CT molecular complexity index is 989. The molecular weight excluding hydrogens is 408 g/mol. The first-order chi connectivity index (χ1) is 14.9. The van der Waals surface area contributed by atoms with E-state index < -0.39 is 23.4 Å². The van der Waals surface area contributed by atoms with Gasteiger partial charge in [-0.2, -0.15) is 0 Å². The molecule has 1 saturated heterocycles. The van der Waals surface area contributed by atoms with Gasteiger partial charge in [0.1, 0.15) is 11.2 Å². The highest BCUT2D eigenvalue weighted by Gasteiger charge is 2.27. The molecule has 0 aliphatic carbocycles. The molecule has 1 aromatic heterocycles. The van der Waals surface area contributed by atoms with Gasteiger partial charge < -0.3 is 18.9 Å². The van der Waals surface area contributed by atoms with Crippen molar-refractivity contribution in [2.75, 3.05) is 13.1 Å². The van der Waals surface area contributed by atoms with E-state index in [9.17, 15) is 9.59 Å². The van der Waals surface area contributed by atoms with Gasteiger partial charge in [-0.3, -0.25) is 5.32 Å². The standard InChI is InChI=1S/C24H34N4O4/c1-23(2,3)31-21(29)25-20(26-22(30)32-24(4,5)6)27-14-12-18(13-15-27)28-16-11-17-9-7-8-10-19(17)28/h7-11,16,18H,12-15H2,1-6H3,(H,25,26,29,30). The van der Waals surface area contributed by atoms with Crippen molar-refractivity contribution < 1.29 is 19.1 Å². The smallest absolute Gasteiger partial charge is 0.437 e. The molecule has 0 saturated carbocycles. The first kappa shape index (κ1) is 23.6. The van der Waals surface area contributed by atoms with Crippen LogP contribution in [-0.2, 0) is 9.47 Å². The molecule has 8 nitrogen and oxygen atoms in total. The number of fused-ring (bicyclic) bond motifs is 1. The molecule has 1 fully saturated rings. The quantitative estimate of drug-likeness (QED) is 0.491. The summed E-state index contributed by atoms with van der Waals surface area (Å²) in [7, 11) is 0. The fraction of sp³-hybridized carbons (Fsp3) is 0.542. The van der Waals surface area contributed by atoms with Gasteiger partial charge in [-0.05, 0) is 71.9 Å². The number of benzene rings is 1. The molecular formula is C24H34N4O4. The summed E-state index contributed by atoms with van der Waals surface area (Å²) in [5, 5.41) is 3.86. The Morgan fingerprint density at radius 1 is 0.969 bits per heavy atom. The van der Waals surface area contributed by atoms with E-state index in [1.807, 2.05) is 17.0 Å². The van der Waals surface area contributed by atoms with E-state index in [0.29, 0.717) is 19.1 Å². The summed E-state index contributed by atoms with van der Waals surface area (Å²) in [5.74, 6) is 0.157. The number of ether oxygens (including phenoxy) is 2. The summed E-state index contributed by atoms with van der Waals surface area (Å²) in [6.45, 7) is 11.9. The number of piperidine rings is 1. The highest BCUT2D eigenvalue weighted by atomic mass is 16.6. The minimum atomic E-state index is -0.748. The van der Waals surface area contributed by atoms with Gasteiger partial charge in [-0.15, -0.1) is 4.99 Å². The predicted octanol–water partition coefficient (Wildman–Crippen LogP) is 5.09. The number of hydrogen-bond acceptors (Lipinski definition) is 4. The summed E-state index contributed by atoms with van der Waals surface area (Å²) < 4.78 is 13.0. The first-order valence-corrected chi connectivity index (χ1v) is 11.0. The zero-order chi connectivity index (χ0) is 23.5. The van der Waals surface area contributed by atoms with Crippen LogP contribution in [0.25, 0.3) is 10.9 Å². The number of hydrogen-bond donors (Lipinski definition) is 1. The molecule has 1 aromatic carbocycles. The minimum Gasteiger partial charge on any atom is -0.444 e. The SMILES string of the molecule is CC(C)(C)OC(=O)/N=C(\NC(=O)OC(C)(C)C)N1CCC(n2ccc3ccccc32)CC1. The van der Waals surface area contributed by atoms with Crippen LogP contribution in [0.4, 0.5) is 9.59 Å². The maximum absolute atomic E-state index is 12.4. The number of nitrogens with zero attached hydrogens (tertiary/aromatic N) is 3. The number of rotatable bonds is 1. The molecule has 2 amide bonds. The van der Waals surface area contributed by atoms with Gasteiger partial charge in [-0.1, -0.05) is 18.2 Å². The molecule has 2 heterocycles. The van der Waals surface area contributed by atoms with Crippen molar-refractivity contribution >= 4 is 29.0 Å². The average Bonchev–Trinajstić information content (AvgIpc) is 3.09. The van der Waals surface area contributed by atoms with Crippen LogP contribution < -0.4 is 5.32 Å². The topological polar surface area (TPSA) is 85.2 Å². The van der Waals surface area contributed by atoms with E-state index in [0.717, 1.165) is 12.8 Å². The normalized spacial score (nSPS) is 16.2. The third kappa shape index (κ3) is 6.48. The molecule has 1 aliphatic rings. The van der Waals surface area contributed by atoms with Gasteiger partial charge in [0.15, 0.2) is 0 Å². The van der Waals surface area contributed by atoms with E-state index in [4.69, 9.17) is 9.47 Å². The molecule has 0 bridgehead atoms. The van der Waals surface area contributed by atoms with Gasteiger partial charge in [0.2, 0.25) is 5.96 Å². The molecule has 0 unspecified atom stereocenters. The van der Waals surface area contributed by atoms with Crippen LogP contribution >= 0.6 is 0 Å². The number of carbonyl (C=O) groups excluding carboxylic acids is 2. The number of aromatic nitrogens is 1. The van der Waals surface area contributed by atoms with Crippen LogP contribution in [0, 0.1) is 0 Å². The Kier molecular flexibility index (Phi) is 6.81. The Hall–Kier alpha value is -3.03. The van der Waals surface area contributed by atoms with Crippen molar-refractivity contribution in [3.05, 3.63) is 36.5 Å². The van der Waals surface area contributed by atoms with Crippen LogP contribution in [0.15, 0.2) is 41.5 Å². The Morgan fingerprint density at radius 3 is 2.22 bits per heavy atom. The Balaban J connectivity index is 1.73. The van der Waals surface area contributed by atoms with E-state index in [1.165, 1.54) is 10.9 Å². The number of likely N-dealkylation sites (tertiary alicyclic amines) is 1. The number of alkyl carbamates (subject to hydrolysis) is 1. The number of aliphatic imine (C=N–C) groups is 1. The Morgan fingerprint density at radius 2 is 1.59 bits per heavy atom. The monoisotopic (exact) mass is 442 g/mol. The van der Waals surface area contributed by atoms with E-state index in [-0.39, 0.29) is 5.96 Å².